The van der Waals surface area contributed by atoms with E-state index in [1.165, 1.54) is 18.4 Å². The van der Waals surface area contributed by atoms with Gasteiger partial charge in [0.2, 0.25) is 0 Å². The van der Waals surface area contributed by atoms with E-state index in [1.807, 2.05) is 0 Å². The van der Waals surface area contributed by atoms with E-state index in [-0.39, 0.29) is 11.7 Å². The summed E-state index contributed by atoms with van der Waals surface area (Å²) in [7, 11) is 1.50. The van der Waals surface area contributed by atoms with Crippen molar-refractivity contribution in [3.8, 4) is 5.75 Å². The minimum Gasteiger partial charge on any atom is -0.495 e. The first-order valence-electron chi connectivity index (χ1n) is 5.67. The first kappa shape index (κ1) is 13.9. The molecule has 1 aromatic carbocycles. The van der Waals surface area contributed by atoms with Crippen LogP contribution < -0.4 is 15.8 Å². The molecular formula is C13H13N3O3S. The molecule has 0 spiro atoms. The van der Waals surface area contributed by atoms with Crippen LogP contribution in [-0.2, 0) is 0 Å². The Labute approximate surface area is 119 Å². The summed E-state index contributed by atoms with van der Waals surface area (Å²) in [5.41, 5.74) is 6.48. The topological polar surface area (TPSA) is 96.9 Å². The van der Waals surface area contributed by atoms with Crippen molar-refractivity contribution in [1.82, 2.24) is 0 Å². The van der Waals surface area contributed by atoms with E-state index < -0.39 is 0 Å². The molecule has 1 heterocycles. The molecule has 0 bridgehead atoms. The van der Waals surface area contributed by atoms with E-state index in [0.29, 0.717) is 21.9 Å². The lowest BCUT2D eigenvalue weighted by Crippen LogP contribution is -2.18. The number of amidine groups is 1. The summed E-state index contributed by atoms with van der Waals surface area (Å²) in [5, 5.41) is 16.2. The van der Waals surface area contributed by atoms with Crippen LogP contribution in [0.5, 0.6) is 5.75 Å². The van der Waals surface area contributed by atoms with Crippen molar-refractivity contribution in [2.75, 3.05) is 12.4 Å². The molecule has 7 heteroatoms. The number of oxime groups is 1. The van der Waals surface area contributed by atoms with E-state index in [9.17, 15) is 4.79 Å². The van der Waals surface area contributed by atoms with Crippen molar-refractivity contribution >= 4 is 28.8 Å². The van der Waals surface area contributed by atoms with Crippen LogP contribution in [0.4, 0.5) is 5.69 Å². The van der Waals surface area contributed by atoms with Gasteiger partial charge in [-0.1, -0.05) is 17.3 Å². The number of rotatable bonds is 4. The standard InChI is InChI=1S/C13H13N3O3S/c1-19-10-6-7-20-11(10)13(17)15-9-5-3-2-4-8(9)12(14)16-18/h2-7,18H,1H3,(H2,14,16)(H,15,17). The lowest BCUT2D eigenvalue weighted by Gasteiger charge is -2.09. The lowest BCUT2D eigenvalue weighted by molar-refractivity contribution is 0.102. The minimum absolute atomic E-state index is 0.0703. The van der Waals surface area contributed by atoms with Crippen LogP contribution >= 0.6 is 11.3 Å². The summed E-state index contributed by atoms with van der Waals surface area (Å²) >= 11 is 1.27. The van der Waals surface area contributed by atoms with Crippen molar-refractivity contribution in [3.63, 3.8) is 0 Å². The largest absolute Gasteiger partial charge is 0.495 e. The van der Waals surface area contributed by atoms with Crippen LogP contribution in [-0.4, -0.2) is 24.1 Å². The number of hydrogen-bond acceptors (Lipinski definition) is 5. The number of nitrogens with two attached hydrogens (primary N) is 1. The average molecular weight is 291 g/mol. The first-order chi connectivity index (χ1) is 9.67. The third kappa shape index (κ3) is 2.72. The fraction of sp³-hybridized carbons (Fsp3) is 0.0769. The Bertz CT molecular complexity index is 652. The number of amides is 1. The molecule has 1 aromatic heterocycles. The molecule has 0 unspecified atom stereocenters. The molecule has 0 fully saturated rings. The van der Waals surface area contributed by atoms with Gasteiger partial charge in [-0.3, -0.25) is 4.79 Å². The van der Waals surface area contributed by atoms with E-state index in [0.717, 1.165) is 0 Å². The van der Waals surface area contributed by atoms with Gasteiger partial charge in [0.15, 0.2) is 5.84 Å². The summed E-state index contributed by atoms with van der Waals surface area (Å²) in [6, 6.07) is 8.51. The maximum absolute atomic E-state index is 12.2. The number of methoxy groups -OCH3 is 1. The van der Waals surface area contributed by atoms with Gasteiger partial charge in [-0.15, -0.1) is 11.3 Å². The Morgan fingerprint density at radius 3 is 2.85 bits per heavy atom. The van der Waals surface area contributed by atoms with Crippen LogP contribution in [0.25, 0.3) is 0 Å². The molecule has 0 saturated carbocycles. The highest BCUT2D eigenvalue weighted by Gasteiger charge is 2.16. The molecule has 0 aliphatic carbocycles. The summed E-state index contributed by atoms with van der Waals surface area (Å²) in [6.45, 7) is 0. The van der Waals surface area contributed by atoms with Crippen LogP contribution in [0.2, 0.25) is 0 Å². The number of thiophene rings is 1. The SMILES string of the molecule is COc1ccsc1C(=O)Nc1ccccc1/C(N)=N/O. The van der Waals surface area contributed by atoms with Crippen LogP contribution in [0.1, 0.15) is 15.2 Å². The van der Waals surface area contributed by atoms with Crippen LogP contribution in [0, 0.1) is 0 Å². The predicted octanol–water partition coefficient (Wildman–Crippen LogP) is 2.10. The van der Waals surface area contributed by atoms with Crippen molar-refractivity contribution in [2.45, 2.75) is 0 Å². The maximum Gasteiger partial charge on any atom is 0.269 e. The highest BCUT2D eigenvalue weighted by Crippen LogP contribution is 2.26. The fourth-order valence-electron chi connectivity index (χ4n) is 1.67. The summed E-state index contributed by atoms with van der Waals surface area (Å²) < 4.78 is 5.10. The molecule has 0 radical (unpaired) electrons. The summed E-state index contributed by atoms with van der Waals surface area (Å²) in [4.78, 5) is 12.7. The van der Waals surface area contributed by atoms with Gasteiger partial charge in [-0.05, 0) is 23.6 Å². The molecule has 20 heavy (non-hydrogen) atoms. The first-order valence-corrected chi connectivity index (χ1v) is 6.55. The van der Waals surface area contributed by atoms with Crippen molar-refractivity contribution < 1.29 is 14.7 Å². The van der Waals surface area contributed by atoms with Gasteiger partial charge in [0, 0.05) is 5.56 Å². The fourth-order valence-corrected chi connectivity index (χ4v) is 2.43. The van der Waals surface area contributed by atoms with E-state index in [2.05, 4.69) is 10.5 Å². The van der Waals surface area contributed by atoms with Gasteiger partial charge in [0.05, 0.1) is 12.8 Å². The monoisotopic (exact) mass is 291 g/mol. The molecule has 6 nitrogen and oxygen atoms in total. The van der Waals surface area contributed by atoms with Gasteiger partial charge < -0.3 is 21.0 Å². The number of ether oxygens (including phenoxy) is 1. The van der Waals surface area contributed by atoms with Gasteiger partial charge >= 0.3 is 0 Å². The average Bonchev–Trinajstić information content (AvgIpc) is 2.95. The molecule has 0 atom stereocenters. The Morgan fingerprint density at radius 2 is 2.15 bits per heavy atom. The molecule has 0 saturated heterocycles. The molecule has 4 N–H and O–H groups in total. The highest BCUT2D eigenvalue weighted by atomic mass is 32.1. The number of carbonyl (C=O) groups excluding carboxylic acids is 1. The zero-order chi connectivity index (χ0) is 14.5. The minimum atomic E-state index is -0.310. The molecule has 2 aromatic rings. The Kier molecular flexibility index (Phi) is 4.21. The van der Waals surface area contributed by atoms with E-state index in [4.69, 9.17) is 15.7 Å². The van der Waals surface area contributed by atoms with Crippen LogP contribution in [0.3, 0.4) is 0 Å². The van der Waals surface area contributed by atoms with Crippen molar-refractivity contribution in [3.05, 3.63) is 46.2 Å². The van der Waals surface area contributed by atoms with Gasteiger partial charge in [0.1, 0.15) is 10.6 Å². The molecule has 104 valence electrons. The maximum atomic E-state index is 12.2. The Hall–Kier alpha value is -2.54. The molecule has 1 amide bonds. The quantitative estimate of drug-likeness (QED) is 0.348. The highest BCUT2D eigenvalue weighted by molar-refractivity contribution is 7.12. The van der Waals surface area contributed by atoms with Gasteiger partial charge in [0.25, 0.3) is 5.91 Å². The lowest BCUT2D eigenvalue weighted by atomic mass is 10.1. The van der Waals surface area contributed by atoms with E-state index in [1.54, 1.807) is 35.7 Å². The third-order valence-corrected chi connectivity index (χ3v) is 3.51. The molecule has 0 aliphatic rings. The van der Waals surface area contributed by atoms with E-state index >= 15 is 0 Å². The Balaban J connectivity index is 2.29. The summed E-state index contributed by atoms with van der Waals surface area (Å²) in [5.74, 6) is 0.128. The Morgan fingerprint density at radius 1 is 1.40 bits per heavy atom. The van der Waals surface area contributed by atoms with Gasteiger partial charge in [-0.25, -0.2) is 0 Å². The zero-order valence-corrected chi connectivity index (χ0v) is 11.5. The number of nitrogens with one attached hydrogen (secondary N) is 1. The molecular weight excluding hydrogens is 278 g/mol. The third-order valence-electron chi connectivity index (χ3n) is 2.61. The van der Waals surface area contributed by atoms with Crippen molar-refractivity contribution in [1.29, 1.82) is 0 Å². The van der Waals surface area contributed by atoms with Gasteiger partial charge in [-0.2, -0.15) is 0 Å². The zero-order valence-electron chi connectivity index (χ0n) is 10.7. The second-order valence-electron chi connectivity index (χ2n) is 3.80. The number of nitrogens with zero attached hydrogens (tertiary/aromatic N) is 1. The molecule has 2 rings (SSSR count). The smallest absolute Gasteiger partial charge is 0.269 e. The number of anilines is 1. The second-order valence-corrected chi connectivity index (χ2v) is 4.72. The number of carbonyl (C=O) groups is 1. The number of hydrogen-bond donors (Lipinski definition) is 3. The summed E-state index contributed by atoms with van der Waals surface area (Å²) in [6.07, 6.45) is 0. The predicted molar refractivity (Wildman–Crippen MR) is 77.8 cm³/mol. The number of para-hydroxylation sites is 1. The molecule has 0 aliphatic heterocycles. The number of benzene rings is 1. The normalized spacial score (nSPS) is 11.2. The van der Waals surface area contributed by atoms with Crippen LogP contribution in [0.15, 0.2) is 40.9 Å². The second kappa shape index (κ2) is 6.07. The van der Waals surface area contributed by atoms with Crippen molar-refractivity contribution in [2.24, 2.45) is 10.9 Å².